The molecule has 0 aliphatic carbocycles. The van der Waals surface area contributed by atoms with Gasteiger partial charge in [0, 0.05) is 29.9 Å². The second-order valence-corrected chi connectivity index (χ2v) is 7.70. The van der Waals surface area contributed by atoms with Crippen molar-refractivity contribution in [3.8, 4) is 23.0 Å². The number of fused-ring (bicyclic) bond motifs is 1. The van der Waals surface area contributed by atoms with Gasteiger partial charge >= 0.3 is 11.8 Å². The van der Waals surface area contributed by atoms with Gasteiger partial charge in [-0.05, 0) is 42.3 Å². The Balaban J connectivity index is 1.42. The average molecular weight is 490 g/mol. The van der Waals surface area contributed by atoms with E-state index < -0.39 is 17.6 Å². The summed E-state index contributed by atoms with van der Waals surface area (Å²) in [7, 11) is 3.02. The van der Waals surface area contributed by atoms with Crippen molar-refractivity contribution in [2.75, 3.05) is 26.1 Å². The summed E-state index contributed by atoms with van der Waals surface area (Å²) in [6.45, 7) is 0.300. The van der Waals surface area contributed by atoms with Gasteiger partial charge in [0.15, 0.2) is 23.1 Å². The van der Waals surface area contributed by atoms with Crippen LogP contribution >= 0.6 is 0 Å². The summed E-state index contributed by atoms with van der Waals surface area (Å²) in [5.41, 5.74) is 1.65. The van der Waals surface area contributed by atoms with Crippen molar-refractivity contribution in [3.05, 3.63) is 84.3 Å². The molecule has 36 heavy (non-hydrogen) atoms. The first-order valence-corrected chi connectivity index (χ1v) is 11.1. The second-order valence-electron chi connectivity index (χ2n) is 7.70. The molecule has 0 spiro atoms. The molecule has 0 bridgehead atoms. The summed E-state index contributed by atoms with van der Waals surface area (Å²) in [5.74, 6) is -1.19. The van der Waals surface area contributed by atoms with E-state index in [1.165, 1.54) is 32.5 Å². The number of carbonyl (C=O) groups excluding carboxylic acids is 2. The molecule has 0 radical (unpaired) electrons. The highest BCUT2D eigenvalue weighted by molar-refractivity contribution is 6.39. The third-order valence-electron chi connectivity index (χ3n) is 5.37. The monoisotopic (exact) mass is 489 g/mol. The van der Waals surface area contributed by atoms with Crippen LogP contribution in [0.5, 0.6) is 23.0 Å². The van der Waals surface area contributed by atoms with Crippen LogP contribution in [0.1, 0.15) is 5.56 Å². The molecule has 0 aliphatic heterocycles. The third-order valence-corrected chi connectivity index (χ3v) is 5.37. The van der Waals surface area contributed by atoms with Crippen molar-refractivity contribution in [2.45, 2.75) is 6.42 Å². The van der Waals surface area contributed by atoms with Crippen LogP contribution in [-0.4, -0.2) is 37.6 Å². The summed E-state index contributed by atoms with van der Waals surface area (Å²) >= 11 is 0. The van der Waals surface area contributed by atoms with Gasteiger partial charge in [0.25, 0.3) is 0 Å². The fourth-order valence-corrected chi connectivity index (χ4v) is 3.61. The molecule has 0 fully saturated rings. The van der Waals surface area contributed by atoms with Crippen LogP contribution in [0, 0.1) is 5.82 Å². The molecule has 0 saturated carbocycles. The van der Waals surface area contributed by atoms with Gasteiger partial charge in [0.2, 0.25) is 0 Å². The maximum atomic E-state index is 14.8. The number of aromatic nitrogens is 1. The standard InChI is InChI=1S/C27H24FN3O5/c1-34-23-11-9-19-21(13-15-29-24(19)25(23)35-2)36-22-10-8-18(16-20(22)28)31-27(33)26(32)30-14-12-17-6-4-3-5-7-17/h3-11,13,15-16H,12,14H2,1-2H3,(H,30,32)(H,31,33). The lowest BCUT2D eigenvalue weighted by Gasteiger charge is -2.14. The molecule has 0 unspecified atom stereocenters. The second kappa shape index (κ2) is 11.2. The summed E-state index contributed by atoms with van der Waals surface area (Å²) in [5, 5.41) is 5.54. The summed E-state index contributed by atoms with van der Waals surface area (Å²) in [6, 6.07) is 18.5. The smallest absolute Gasteiger partial charge is 0.313 e. The molecule has 4 rings (SSSR count). The van der Waals surface area contributed by atoms with Gasteiger partial charge in [0.05, 0.1) is 14.2 Å². The molecule has 3 aromatic carbocycles. The predicted molar refractivity (Wildman–Crippen MR) is 133 cm³/mol. The van der Waals surface area contributed by atoms with Crippen LogP contribution in [0.2, 0.25) is 0 Å². The van der Waals surface area contributed by atoms with E-state index in [0.717, 1.165) is 11.6 Å². The molecular weight excluding hydrogens is 465 g/mol. The number of nitrogens with one attached hydrogen (secondary N) is 2. The normalized spacial score (nSPS) is 10.5. The first-order chi connectivity index (χ1) is 17.5. The van der Waals surface area contributed by atoms with Crippen LogP contribution in [-0.2, 0) is 16.0 Å². The lowest BCUT2D eigenvalue weighted by molar-refractivity contribution is -0.136. The van der Waals surface area contributed by atoms with E-state index in [2.05, 4.69) is 15.6 Å². The van der Waals surface area contributed by atoms with Gasteiger partial charge in [0.1, 0.15) is 11.3 Å². The van der Waals surface area contributed by atoms with Crippen LogP contribution < -0.4 is 24.8 Å². The zero-order chi connectivity index (χ0) is 25.5. The SMILES string of the molecule is COc1ccc2c(Oc3ccc(NC(=O)C(=O)NCCc4ccccc4)cc3F)ccnc2c1OC. The van der Waals surface area contributed by atoms with E-state index in [9.17, 15) is 14.0 Å². The van der Waals surface area contributed by atoms with Crippen molar-refractivity contribution < 1.29 is 28.2 Å². The summed E-state index contributed by atoms with van der Waals surface area (Å²) in [6.07, 6.45) is 2.10. The molecule has 1 aromatic heterocycles. The van der Waals surface area contributed by atoms with Gasteiger partial charge in [-0.15, -0.1) is 0 Å². The molecule has 184 valence electrons. The average Bonchev–Trinajstić information content (AvgIpc) is 2.90. The van der Waals surface area contributed by atoms with Crippen LogP contribution in [0.4, 0.5) is 10.1 Å². The minimum Gasteiger partial charge on any atom is -0.493 e. The number of ether oxygens (including phenoxy) is 3. The minimum absolute atomic E-state index is 0.0670. The quantitative estimate of drug-likeness (QED) is 0.354. The van der Waals surface area contributed by atoms with E-state index in [1.54, 1.807) is 18.2 Å². The van der Waals surface area contributed by atoms with Gasteiger partial charge in [-0.1, -0.05) is 30.3 Å². The molecular formula is C27H24FN3O5. The fraction of sp³-hybridized carbons (Fsp3) is 0.148. The lowest BCUT2D eigenvalue weighted by Crippen LogP contribution is -2.36. The van der Waals surface area contributed by atoms with Crippen molar-refractivity contribution in [1.82, 2.24) is 10.3 Å². The number of pyridine rings is 1. The highest BCUT2D eigenvalue weighted by Gasteiger charge is 2.17. The molecule has 0 atom stereocenters. The van der Waals surface area contributed by atoms with Crippen LogP contribution in [0.25, 0.3) is 10.9 Å². The van der Waals surface area contributed by atoms with Gasteiger partial charge in [-0.3, -0.25) is 14.6 Å². The maximum absolute atomic E-state index is 14.8. The maximum Gasteiger partial charge on any atom is 0.313 e. The zero-order valence-electron chi connectivity index (χ0n) is 19.7. The van der Waals surface area contributed by atoms with E-state index in [-0.39, 0.29) is 11.4 Å². The number of carbonyl (C=O) groups is 2. The van der Waals surface area contributed by atoms with E-state index >= 15 is 0 Å². The van der Waals surface area contributed by atoms with E-state index in [1.807, 2.05) is 30.3 Å². The summed E-state index contributed by atoms with van der Waals surface area (Å²) in [4.78, 5) is 28.6. The topological polar surface area (TPSA) is 98.8 Å². The molecule has 0 saturated heterocycles. The number of nitrogens with zero attached hydrogens (tertiary/aromatic N) is 1. The molecule has 9 heteroatoms. The van der Waals surface area contributed by atoms with E-state index in [4.69, 9.17) is 14.2 Å². The first kappa shape index (κ1) is 24.5. The Labute approximate surface area is 207 Å². The Morgan fingerprint density at radius 3 is 2.39 bits per heavy atom. The van der Waals surface area contributed by atoms with E-state index in [0.29, 0.717) is 41.1 Å². The Hall–Kier alpha value is -4.66. The molecule has 0 aliphatic rings. The molecule has 4 aromatic rings. The molecule has 8 nitrogen and oxygen atoms in total. The Morgan fingerprint density at radius 1 is 0.889 bits per heavy atom. The largest absolute Gasteiger partial charge is 0.493 e. The van der Waals surface area contributed by atoms with Gasteiger partial charge in [-0.2, -0.15) is 0 Å². The number of halogens is 1. The molecule has 2 N–H and O–H groups in total. The number of hydrogen-bond acceptors (Lipinski definition) is 6. The Kier molecular flexibility index (Phi) is 7.60. The number of anilines is 1. The van der Waals surface area contributed by atoms with Gasteiger partial charge in [-0.25, -0.2) is 4.39 Å². The first-order valence-electron chi connectivity index (χ1n) is 11.1. The summed E-state index contributed by atoms with van der Waals surface area (Å²) < 4.78 is 31.3. The Bertz CT molecular complexity index is 1400. The number of methoxy groups -OCH3 is 2. The van der Waals surface area contributed by atoms with Crippen molar-refractivity contribution in [1.29, 1.82) is 0 Å². The van der Waals surface area contributed by atoms with Crippen LogP contribution in [0.3, 0.4) is 0 Å². The Morgan fingerprint density at radius 2 is 1.67 bits per heavy atom. The van der Waals surface area contributed by atoms with Gasteiger partial charge < -0.3 is 24.8 Å². The predicted octanol–water partition coefficient (Wildman–Crippen LogP) is 4.48. The number of benzene rings is 3. The minimum atomic E-state index is -0.891. The fourth-order valence-electron chi connectivity index (χ4n) is 3.61. The lowest BCUT2D eigenvalue weighted by atomic mass is 10.1. The third kappa shape index (κ3) is 5.52. The number of hydrogen-bond donors (Lipinski definition) is 2. The van der Waals surface area contributed by atoms with Crippen molar-refractivity contribution in [3.63, 3.8) is 0 Å². The number of rotatable bonds is 8. The van der Waals surface area contributed by atoms with Crippen molar-refractivity contribution >= 4 is 28.4 Å². The van der Waals surface area contributed by atoms with Crippen molar-refractivity contribution in [2.24, 2.45) is 0 Å². The molecule has 1 heterocycles. The highest BCUT2D eigenvalue weighted by Crippen LogP contribution is 2.39. The zero-order valence-corrected chi connectivity index (χ0v) is 19.7. The van der Waals surface area contributed by atoms with Crippen LogP contribution in [0.15, 0.2) is 72.9 Å². The number of amides is 2. The highest BCUT2D eigenvalue weighted by atomic mass is 19.1. The molecule has 2 amide bonds.